The van der Waals surface area contributed by atoms with Crippen molar-refractivity contribution in [1.29, 1.82) is 0 Å². The van der Waals surface area contributed by atoms with Crippen LogP contribution in [0.5, 0.6) is 5.75 Å². The standard InChI is InChI=1S/C14H21NO3/c1-16-11-6-4-10(5-7-11)8-12-14(18-3)13(17-2)9-15-12/h4-7,12-15H,8-9H2,1-3H3. The monoisotopic (exact) mass is 251 g/mol. The zero-order valence-electron chi connectivity index (χ0n) is 11.2. The SMILES string of the molecule is COc1ccc(CC2NCC(OC)C2OC)cc1. The van der Waals surface area contributed by atoms with Crippen LogP contribution in [0.1, 0.15) is 5.56 Å². The molecule has 100 valence electrons. The van der Waals surface area contributed by atoms with Crippen LogP contribution in [0, 0.1) is 0 Å². The lowest BCUT2D eigenvalue weighted by Gasteiger charge is -2.21. The highest BCUT2D eigenvalue weighted by atomic mass is 16.5. The van der Waals surface area contributed by atoms with Gasteiger partial charge in [0.1, 0.15) is 11.9 Å². The largest absolute Gasteiger partial charge is 0.497 e. The summed E-state index contributed by atoms with van der Waals surface area (Å²) in [6.07, 6.45) is 1.18. The highest BCUT2D eigenvalue weighted by molar-refractivity contribution is 5.28. The van der Waals surface area contributed by atoms with Gasteiger partial charge in [-0.2, -0.15) is 0 Å². The molecular weight excluding hydrogens is 230 g/mol. The number of hydrogen-bond acceptors (Lipinski definition) is 4. The quantitative estimate of drug-likeness (QED) is 0.854. The van der Waals surface area contributed by atoms with Crippen molar-refractivity contribution in [1.82, 2.24) is 5.32 Å². The molecule has 0 amide bonds. The Balaban J connectivity index is 2.00. The van der Waals surface area contributed by atoms with Gasteiger partial charge < -0.3 is 19.5 Å². The highest BCUT2D eigenvalue weighted by Crippen LogP contribution is 2.19. The summed E-state index contributed by atoms with van der Waals surface area (Å²) in [5, 5.41) is 3.45. The van der Waals surface area contributed by atoms with Gasteiger partial charge in [-0.05, 0) is 24.1 Å². The van der Waals surface area contributed by atoms with Crippen LogP contribution in [0.25, 0.3) is 0 Å². The van der Waals surface area contributed by atoms with Crippen LogP contribution in [0.4, 0.5) is 0 Å². The van der Waals surface area contributed by atoms with Gasteiger partial charge in [-0.1, -0.05) is 12.1 Å². The molecule has 1 aliphatic rings. The lowest BCUT2D eigenvalue weighted by atomic mass is 10.0. The maximum absolute atomic E-state index is 5.53. The van der Waals surface area contributed by atoms with Crippen LogP contribution >= 0.6 is 0 Å². The number of rotatable bonds is 5. The van der Waals surface area contributed by atoms with Crippen molar-refractivity contribution in [3.63, 3.8) is 0 Å². The molecule has 1 saturated heterocycles. The summed E-state index contributed by atoms with van der Waals surface area (Å²) in [4.78, 5) is 0. The minimum atomic E-state index is 0.108. The molecule has 4 heteroatoms. The van der Waals surface area contributed by atoms with E-state index >= 15 is 0 Å². The summed E-state index contributed by atoms with van der Waals surface area (Å²) in [6.45, 7) is 0.843. The predicted octanol–water partition coefficient (Wildman–Crippen LogP) is 1.24. The Kier molecular flexibility index (Phi) is 4.58. The molecule has 1 N–H and O–H groups in total. The van der Waals surface area contributed by atoms with Gasteiger partial charge >= 0.3 is 0 Å². The number of hydrogen-bond donors (Lipinski definition) is 1. The first-order valence-corrected chi connectivity index (χ1v) is 6.20. The average Bonchev–Trinajstić information content (AvgIpc) is 2.81. The Morgan fingerprint density at radius 1 is 1.11 bits per heavy atom. The molecule has 0 radical (unpaired) electrons. The molecule has 1 fully saturated rings. The molecule has 18 heavy (non-hydrogen) atoms. The zero-order chi connectivity index (χ0) is 13.0. The number of methoxy groups -OCH3 is 3. The van der Waals surface area contributed by atoms with E-state index in [1.165, 1.54) is 5.56 Å². The first-order valence-electron chi connectivity index (χ1n) is 6.20. The average molecular weight is 251 g/mol. The second-order valence-corrected chi connectivity index (χ2v) is 4.54. The summed E-state index contributed by atoms with van der Waals surface area (Å²) in [5.41, 5.74) is 1.27. The fourth-order valence-corrected chi connectivity index (χ4v) is 2.50. The van der Waals surface area contributed by atoms with Gasteiger partial charge in [-0.25, -0.2) is 0 Å². The molecule has 4 nitrogen and oxygen atoms in total. The van der Waals surface area contributed by atoms with Gasteiger partial charge in [-0.15, -0.1) is 0 Å². The van der Waals surface area contributed by atoms with Crippen molar-refractivity contribution >= 4 is 0 Å². The van der Waals surface area contributed by atoms with Crippen LogP contribution in [-0.4, -0.2) is 46.1 Å². The van der Waals surface area contributed by atoms with Crippen molar-refractivity contribution in [3.05, 3.63) is 29.8 Å². The van der Waals surface area contributed by atoms with Crippen LogP contribution in [-0.2, 0) is 15.9 Å². The van der Waals surface area contributed by atoms with Gasteiger partial charge in [0, 0.05) is 26.8 Å². The first-order chi connectivity index (χ1) is 8.78. The van der Waals surface area contributed by atoms with E-state index in [-0.39, 0.29) is 12.2 Å². The minimum absolute atomic E-state index is 0.108. The number of ether oxygens (including phenoxy) is 3. The van der Waals surface area contributed by atoms with Crippen molar-refractivity contribution in [2.75, 3.05) is 27.9 Å². The van der Waals surface area contributed by atoms with Gasteiger partial charge in [0.05, 0.1) is 13.2 Å². The fourth-order valence-electron chi connectivity index (χ4n) is 2.50. The molecule has 0 aliphatic carbocycles. The van der Waals surface area contributed by atoms with Crippen molar-refractivity contribution in [2.24, 2.45) is 0 Å². The molecule has 0 aromatic heterocycles. The Morgan fingerprint density at radius 2 is 1.83 bits per heavy atom. The Hall–Kier alpha value is -1.10. The number of nitrogens with one attached hydrogen (secondary N) is 1. The van der Waals surface area contributed by atoms with E-state index in [2.05, 4.69) is 17.4 Å². The van der Waals surface area contributed by atoms with E-state index in [0.717, 1.165) is 18.7 Å². The topological polar surface area (TPSA) is 39.7 Å². The van der Waals surface area contributed by atoms with Crippen LogP contribution < -0.4 is 10.1 Å². The highest BCUT2D eigenvalue weighted by Gasteiger charge is 2.35. The van der Waals surface area contributed by atoms with E-state index in [4.69, 9.17) is 14.2 Å². The van der Waals surface area contributed by atoms with Crippen molar-refractivity contribution in [3.8, 4) is 5.75 Å². The molecular formula is C14H21NO3. The first kappa shape index (κ1) is 13.3. The Bertz CT molecular complexity index is 366. The molecule has 1 aliphatic heterocycles. The van der Waals surface area contributed by atoms with E-state index < -0.39 is 0 Å². The molecule has 0 spiro atoms. The van der Waals surface area contributed by atoms with Gasteiger partial charge in [0.15, 0.2) is 0 Å². The van der Waals surface area contributed by atoms with E-state index in [0.29, 0.717) is 6.04 Å². The van der Waals surface area contributed by atoms with Gasteiger partial charge in [0.2, 0.25) is 0 Å². The normalized spacial score (nSPS) is 27.4. The lowest BCUT2D eigenvalue weighted by molar-refractivity contribution is -0.0175. The van der Waals surface area contributed by atoms with Gasteiger partial charge in [0.25, 0.3) is 0 Å². The van der Waals surface area contributed by atoms with Crippen LogP contribution in [0.15, 0.2) is 24.3 Å². The molecule has 2 rings (SSSR count). The summed E-state index contributed by atoms with van der Waals surface area (Å²) >= 11 is 0. The summed E-state index contributed by atoms with van der Waals surface area (Å²) < 4.78 is 16.1. The van der Waals surface area contributed by atoms with Gasteiger partial charge in [-0.3, -0.25) is 0 Å². The third-order valence-corrected chi connectivity index (χ3v) is 3.53. The predicted molar refractivity (Wildman–Crippen MR) is 70.1 cm³/mol. The van der Waals surface area contributed by atoms with E-state index in [1.807, 2.05) is 12.1 Å². The van der Waals surface area contributed by atoms with Crippen molar-refractivity contribution in [2.45, 2.75) is 24.7 Å². The fraction of sp³-hybridized carbons (Fsp3) is 0.571. The summed E-state index contributed by atoms with van der Waals surface area (Å²) in [5.74, 6) is 0.885. The lowest BCUT2D eigenvalue weighted by Crippen LogP contribution is -2.37. The minimum Gasteiger partial charge on any atom is -0.497 e. The maximum atomic E-state index is 5.53. The Labute approximate surface area is 108 Å². The molecule has 1 aromatic carbocycles. The zero-order valence-corrected chi connectivity index (χ0v) is 11.2. The van der Waals surface area contributed by atoms with E-state index in [1.54, 1.807) is 21.3 Å². The second-order valence-electron chi connectivity index (χ2n) is 4.54. The van der Waals surface area contributed by atoms with Crippen LogP contribution in [0.3, 0.4) is 0 Å². The van der Waals surface area contributed by atoms with Crippen LogP contribution in [0.2, 0.25) is 0 Å². The number of benzene rings is 1. The third kappa shape index (κ3) is 2.83. The molecule has 1 aromatic rings. The maximum Gasteiger partial charge on any atom is 0.118 e. The van der Waals surface area contributed by atoms with E-state index in [9.17, 15) is 0 Å². The molecule has 3 unspecified atom stereocenters. The molecule has 3 atom stereocenters. The van der Waals surface area contributed by atoms with Crippen molar-refractivity contribution < 1.29 is 14.2 Å². The molecule has 0 bridgehead atoms. The third-order valence-electron chi connectivity index (χ3n) is 3.53. The molecule has 1 heterocycles. The second kappa shape index (κ2) is 6.18. The smallest absolute Gasteiger partial charge is 0.118 e. The summed E-state index contributed by atoms with van der Waals surface area (Å²) in [7, 11) is 5.15. The summed E-state index contributed by atoms with van der Waals surface area (Å²) in [6, 6.07) is 8.45. The Morgan fingerprint density at radius 3 is 2.39 bits per heavy atom. The molecule has 0 saturated carbocycles.